The molecule has 0 bridgehead atoms. The molecule has 3 nitrogen and oxygen atoms in total. The Morgan fingerprint density at radius 2 is 2.40 bits per heavy atom. The molecular weight excluding hydrogens is 188 g/mol. The van der Waals surface area contributed by atoms with Gasteiger partial charge in [-0.25, -0.2) is 0 Å². The van der Waals surface area contributed by atoms with Crippen LogP contribution in [0, 0.1) is 11.8 Å². The molecule has 86 valence electrons. The number of amides is 1. The van der Waals surface area contributed by atoms with Gasteiger partial charge in [0, 0.05) is 12.5 Å². The summed E-state index contributed by atoms with van der Waals surface area (Å²) in [5.41, 5.74) is 0. The van der Waals surface area contributed by atoms with E-state index in [0.29, 0.717) is 12.0 Å². The summed E-state index contributed by atoms with van der Waals surface area (Å²) in [5.74, 6) is 1.60. The van der Waals surface area contributed by atoms with Crippen LogP contribution in [0.4, 0.5) is 0 Å². The average Bonchev–Trinajstić information content (AvgIpc) is 2.97. The second-order valence-electron chi connectivity index (χ2n) is 4.99. The van der Waals surface area contributed by atoms with Crippen LogP contribution in [-0.4, -0.2) is 25.0 Å². The first kappa shape index (κ1) is 10.9. The van der Waals surface area contributed by atoms with Gasteiger partial charge in [-0.15, -0.1) is 0 Å². The third-order valence-corrected chi connectivity index (χ3v) is 3.67. The molecule has 2 rings (SSSR count). The van der Waals surface area contributed by atoms with Crippen LogP contribution in [0.5, 0.6) is 0 Å². The minimum Gasteiger partial charge on any atom is -0.353 e. The third-order valence-electron chi connectivity index (χ3n) is 3.67. The Balaban J connectivity index is 1.64. The summed E-state index contributed by atoms with van der Waals surface area (Å²) in [7, 11) is 0. The smallest absolute Gasteiger partial charge is 0.220 e. The topological polar surface area (TPSA) is 41.1 Å². The van der Waals surface area contributed by atoms with Gasteiger partial charge in [0.25, 0.3) is 0 Å². The molecule has 1 aliphatic heterocycles. The highest BCUT2D eigenvalue weighted by atomic mass is 16.1. The quantitative estimate of drug-likeness (QED) is 0.734. The molecule has 1 amide bonds. The van der Waals surface area contributed by atoms with Gasteiger partial charge < -0.3 is 10.6 Å². The summed E-state index contributed by atoms with van der Waals surface area (Å²) in [4.78, 5) is 11.7. The maximum atomic E-state index is 11.7. The standard InChI is InChI=1S/C12H22N2O/c1-2-10-7-11(10)14-12(15)6-9-4-3-5-13-8-9/h9-11,13H,2-8H2,1H3,(H,14,15). The molecule has 0 aromatic rings. The van der Waals surface area contributed by atoms with Gasteiger partial charge in [0.15, 0.2) is 0 Å². The van der Waals surface area contributed by atoms with E-state index < -0.39 is 0 Å². The number of piperidine rings is 1. The summed E-state index contributed by atoms with van der Waals surface area (Å²) in [6.07, 6.45) is 5.56. The van der Waals surface area contributed by atoms with Crippen LogP contribution in [0.25, 0.3) is 0 Å². The molecule has 0 spiro atoms. The summed E-state index contributed by atoms with van der Waals surface area (Å²) < 4.78 is 0. The second kappa shape index (κ2) is 4.97. The minimum absolute atomic E-state index is 0.268. The molecule has 3 atom stereocenters. The van der Waals surface area contributed by atoms with Gasteiger partial charge in [0.1, 0.15) is 0 Å². The van der Waals surface area contributed by atoms with Crippen LogP contribution in [0.1, 0.15) is 39.0 Å². The Hall–Kier alpha value is -0.570. The summed E-state index contributed by atoms with van der Waals surface area (Å²) in [5, 5.41) is 6.48. The Morgan fingerprint density at radius 1 is 1.53 bits per heavy atom. The van der Waals surface area contributed by atoms with Gasteiger partial charge in [-0.3, -0.25) is 4.79 Å². The van der Waals surface area contributed by atoms with Crippen molar-refractivity contribution < 1.29 is 4.79 Å². The zero-order chi connectivity index (χ0) is 10.7. The van der Waals surface area contributed by atoms with E-state index in [1.54, 1.807) is 0 Å². The van der Waals surface area contributed by atoms with Crippen LogP contribution in [-0.2, 0) is 4.79 Å². The molecule has 0 radical (unpaired) electrons. The van der Waals surface area contributed by atoms with Crippen LogP contribution in [0.3, 0.4) is 0 Å². The van der Waals surface area contributed by atoms with E-state index in [1.807, 2.05) is 0 Å². The van der Waals surface area contributed by atoms with Gasteiger partial charge in [0.05, 0.1) is 0 Å². The van der Waals surface area contributed by atoms with Crippen molar-refractivity contribution in [2.75, 3.05) is 13.1 Å². The van der Waals surface area contributed by atoms with Crippen molar-refractivity contribution in [2.45, 2.75) is 45.1 Å². The fourth-order valence-electron chi connectivity index (χ4n) is 2.50. The zero-order valence-corrected chi connectivity index (χ0v) is 9.59. The summed E-state index contributed by atoms with van der Waals surface area (Å²) in [6.45, 7) is 4.34. The predicted octanol–water partition coefficient (Wildman–Crippen LogP) is 1.29. The lowest BCUT2D eigenvalue weighted by atomic mass is 9.96. The molecule has 1 saturated carbocycles. The Morgan fingerprint density at radius 3 is 3.00 bits per heavy atom. The van der Waals surface area contributed by atoms with E-state index in [0.717, 1.165) is 25.4 Å². The molecule has 2 N–H and O–H groups in total. The summed E-state index contributed by atoms with van der Waals surface area (Å²) in [6, 6.07) is 0.499. The Labute approximate surface area is 92.0 Å². The van der Waals surface area contributed by atoms with Gasteiger partial charge in [-0.1, -0.05) is 13.3 Å². The van der Waals surface area contributed by atoms with Crippen LogP contribution in [0.2, 0.25) is 0 Å². The lowest BCUT2D eigenvalue weighted by Gasteiger charge is -2.22. The molecule has 15 heavy (non-hydrogen) atoms. The maximum Gasteiger partial charge on any atom is 0.220 e. The highest BCUT2D eigenvalue weighted by Gasteiger charge is 2.36. The van der Waals surface area contributed by atoms with E-state index >= 15 is 0 Å². The highest BCUT2D eigenvalue weighted by molar-refractivity contribution is 5.76. The fourth-order valence-corrected chi connectivity index (χ4v) is 2.50. The monoisotopic (exact) mass is 210 g/mol. The van der Waals surface area contributed by atoms with Crippen molar-refractivity contribution >= 4 is 5.91 Å². The van der Waals surface area contributed by atoms with Crippen molar-refractivity contribution in [3.8, 4) is 0 Å². The average molecular weight is 210 g/mol. The van der Waals surface area contributed by atoms with Crippen LogP contribution in [0.15, 0.2) is 0 Å². The number of carbonyl (C=O) groups is 1. The molecule has 3 unspecified atom stereocenters. The SMILES string of the molecule is CCC1CC1NC(=O)CC1CCCNC1. The van der Waals surface area contributed by atoms with E-state index in [9.17, 15) is 4.79 Å². The maximum absolute atomic E-state index is 11.7. The number of nitrogens with one attached hydrogen (secondary N) is 2. The fraction of sp³-hybridized carbons (Fsp3) is 0.917. The van der Waals surface area contributed by atoms with Crippen molar-refractivity contribution in [1.82, 2.24) is 10.6 Å². The Bertz CT molecular complexity index is 224. The molecule has 1 saturated heterocycles. The van der Waals surface area contributed by atoms with E-state index in [2.05, 4.69) is 17.6 Å². The van der Waals surface area contributed by atoms with Gasteiger partial charge in [0.2, 0.25) is 5.91 Å². The van der Waals surface area contributed by atoms with Crippen molar-refractivity contribution in [1.29, 1.82) is 0 Å². The molecule has 2 fully saturated rings. The summed E-state index contributed by atoms with van der Waals surface area (Å²) >= 11 is 0. The molecule has 3 heteroatoms. The lowest BCUT2D eigenvalue weighted by Crippen LogP contribution is -2.35. The van der Waals surface area contributed by atoms with Gasteiger partial charge >= 0.3 is 0 Å². The first-order chi connectivity index (χ1) is 7.29. The van der Waals surface area contributed by atoms with Gasteiger partial charge in [-0.05, 0) is 44.2 Å². The normalized spacial score (nSPS) is 34.9. The lowest BCUT2D eigenvalue weighted by molar-refractivity contribution is -0.122. The van der Waals surface area contributed by atoms with Crippen molar-refractivity contribution in [3.63, 3.8) is 0 Å². The van der Waals surface area contributed by atoms with E-state index in [-0.39, 0.29) is 5.91 Å². The van der Waals surface area contributed by atoms with Crippen LogP contribution < -0.4 is 10.6 Å². The predicted molar refractivity (Wildman–Crippen MR) is 60.5 cm³/mol. The molecular formula is C12H22N2O. The first-order valence-corrected chi connectivity index (χ1v) is 6.29. The van der Waals surface area contributed by atoms with E-state index in [4.69, 9.17) is 0 Å². The number of hydrogen-bond donors (Lipinski definition) is 2. The highest BCUT2D eigenvalue weighted by Crippen LogP contribution is 2.33. The van der Waals surface area contributed by atoms with Crippen LogP contribution >= 0.6 is 0 Å². The second-order valence-corrected chi connectivity index (χ2v) is 4.99. The van der Waals surface area contributed by atoms with Gasteiger partial charge in [-0.2, -0.15) is 0 Å². The molecule has 1 heterocycles. The number of hydrogen-bond acceptors (Lipinski definition) is 2. The molecule has 2 aliphatic rings. The van der Waals surface area contributed by atoms with Crippen molar-refractivity contribution in [2.24, 2.45) is 11.8 Å². The first-order valence-electron chi connectivity index (χ1n) is 6.29. The number of carbonyl (C=O) groups excluding carboxylic acids is 1. The largest absolute Gasteiger partial charge is 0.353 e. The molecule has 0 aromatic heterocycles. The Kier molecular flexibility index (Phi) is 3.62. The molecule has 0 aromatic carbocycles. The molecule has 1 aliphatic carbocycles. The minimum atomic E-state index is 0.268. The zero-order valence-electron chi connectivity index (χ0n) is 9.59. The van der Waals surface area contributed by atoms with E-state index in [1.165, 1.54) is 25.7 Å². The van der Waals surface area contributed by atoms with Crippen molar-refractivity contribution in [3.05, 3.63) is 0 Å². The number of rotatable bonds is 4. The third kappa shape index (κ3) is 3.20.